The number of halogens is 1. The van der Waals surface area contributed by atoms with Crippen LogP contribution in [-0.4, -0.2) is 34.1 Å². The molecule has 1 aromatic carbocycles. The molecule has 1 aliphatic carbocycles. The highest BCUT2D eigenvalue weighted by atomic mass is 19.1. The number of aryl methyl sites for hydroxylation is 1. The maximum absolute atomic E-state index is 13.9. The summed E-state index contributed by atoms with van der Waals surface area (Å²) in [6.07, 6.45) is 3.80. The van der Waals surface area contributed by atoms with Crippen molar-refractivity contribution >= 4 is 5.91 Å². The highest BCUT2D eigenvalue weighted by molar-refractivity contribution is 5.94. The Morgan fingerprint density at radius 3 is 3.05 bits per heavy atom. The highest BCUT2D eigenvalue weighted by Gasteiger charge is 2.32. The molecule has 1 N–H and O–H groups in total. The molecule has 0 spiro atoms. The Kier molecular flexibility index (Phi) is 3.21. The molecular formula is C17H18FN3O. The van der Waals surface area contributed by atoms with Crippen LogP contribution in [0.2, 0.25) is 0 Å². The van der Waals surface area contributed by atoms with Crippen molar-refractivity contribution in [3.63, 3.8) is 0 Å². The number of nitrogens with one attached hydrogen (secondary N) is 1. The summed E-state index contributed by atoms with van der Waals surface area (Å²) < 4.78 is 13.9. The first kappa shape index (κ1) is 13.5. The van der Waals surface area contributed by atoms with E-state index in [2.05, 4.69) is 10.2 Å². The van der Waals surface area contributed by atoms with Gasteiger partial charge in [-0.05, 0) is 37.3 Å². The average molecular weight is 299 g/mol. The van der Waals surface area contributed by atoms with Crippen LogP contribution in [0, 0.1) is 5.82 Å². The predicted molar refractivity (Wildman–Crippen MR) is 80.3 cm³/mol. The number of likely N-dealkylation sites (tertiary alicyclic amines) is 1. The third-order valence-electron chi connectivity index (χ3n) is 4.83. The zero-order chi connectivity index (χ0) is 15.1. The van der Waals surface area contributed by atoms with Crippen LogP contribution in [0.4, 0.5) is 4.39 Å². The van der Waals surface area contributed by atoms with Crippen molar-refractivity contribution in [2.45, 2.75) is 31.6 Å². The topological polar surface area (TPSA) is 49.0 Å². The van der Waals surface area contributed by atoms with E-state index in [1.165, 1.54) is 6.07 Å². The number of fused-ring (bicyclic) bond motifs is 1. The smallest absolute Gasteiger partial charge is 0.274 e. The number of carbonyl (C=O) groups excluding carboxylic acids is 1. The first-order valence-corrected chi connectivity index (χ1v) is 7.84. The van der Waals surface area contributed by atoms with Crippen molar-refractivity contribution in [1.82, 2.24) is 15.1 Å². The van der Waals surface area contributed by atoms with Crippen molar-refractivity contribution in [3.05, 3.63) is 52.6 Å². The number of aromatic nitrogens is 2. The van der Waals surface area contributed by atoms with Crippen LogP contribution in [0.3, 0.4) is 0 Å². The van der Waals surface area contributed by atoms with Crippen LogP contribution in [-0.2, 0) is 12.8 Å². The van der Waals surface area contributed by atoms with Gasteiger partial charge in [-0.3, -0.25) is 9.89 Å². The predicted octanol–water partition coefficient (Wildman–Crippen LogP) is 2.67. The minimum atomic E-state index is -0.178. The molecule has 2 aromatic rings. The number of hydrogen-bond acceptors (Lipinski definition) is 2. The number of H-pyrrole nitrogens is 1. The summed E-state index contributed by atoms with van der Waals surface area (Å²) in [5.41, 5.74) is 3.47. The molecule has 1 amide bonds. The molecule has 0 radical (unpaired) electrons. The Labute approximate surface area is 128 Å². The molecule has 2 heterocycles. The van der Waals surface area contributed by atoms with Gasteiger partial charge < -0.3 is 4.90 Å². The lowest BCUT2D eigenvalue weighted by Crippen LogP contribution is -2.29. The van der Waals surface area contributed by atoms with E-state index in [1.807, 2.05) is 17.0 Å². The monoisotopic (exact) mass is 299 g/mol. The van der Waals surface area contributed by atoms with E-state index in [0.29, 0.717) is 24.3 Å². The molecule has 0 unspecified atom stereocenters. The second-order valence-corrected chi connectivity index (χ2v) is 6.14. The highest BCUT2D eigenvalue weighted by Crippen LogP contribution is 2.31. The SMILES string of the molecule is O=C(c1n[nH]c2c1CCC2)N1CC[C@@H](c2ccccc2F)C1. The Bertz CT molecular complexity index is 724. The van der Waals surface area contributed by atoms with Crippen molar-refractivity contribution in [1.29, 1.82) is 0 Å². The average Bonchev–Trinajstić information content (AvgIpc) is 3.23. The number of nitrogens with zero attached hydrogens (tertiary/aromatic N) is 2. The van der Waals surface area contributed by atoms with E-state index in [-0.39, 0.29) is 17.6 Å². The van der Waals surface area contributed by atoms with Gasteiger partial charge in [-0.15, -0.1) is 0 Å². The third kappa shape index (κ3) is 2.12. The fraction of sp³-hybridized carbons (Fsp3) is 0.412. The lowest BCUT2D eigenvalue weighted by molar-refractivity contribution is 0.0783. The minimum Gasteiger partial charge on any atom is -0.337 e. The van der Waals surface area contributed by atoms with Crippen LogP contribution >= 0.6 is 0 Å². The number of benzene rings is 1. The molecule has 1 atom stereocenters. The van der Waals surface area contributed by atoms with E-state index in [0.717, 1.165) is 36.9 Å². The van der Waals surface area contributed by atoms with E-state index in [1.54, 1.807) is 6.07 Å². The molecule has 1 fully saturated rings. The van der Waals surface area contributed by atoms with Gasteiger partial charge >= 0.3 is 0 Å². The number of aromatic amines is 1. The minimum absolute atomic E-state index is 0.0155. The Morgan fingerprint density at radius 1 is 1.32 bits per heavy atom. The summed E-state index contributed by atoms with van der Waals surface area (Å²) in [6.45, 7) is 1.24. The van der Waals surface area contributed by atoms with Gasteiger partial charge in [0.15, 0.2) is 5.69 Å². The summed E-state index contributed by atoms with van der Waals surface area (Å²) >= 11 is 0. The maximum Gasteiger partial charge on any atom is 0.274 e. The van der Waals surface area contributed by atoms with Gasteiger partial charge in [-0.25, -0.2) is 4.39 Å². The molecular weight excluding hydrogens is 281 g/mol. The van der Waals surface area contributed by atoms with Gasteiger partial charge in [0.05, 0.1) is 0 Å². The van der Waals surface area contributed by atoms with Gasteiger partial charge in [0.2, 0.25) is 0 Å². The lowest BCUT2D eigenvalue weighted by atomic mass is 9.98. The lowest BCUT2D eigenvalue weighted by Gasteiger charge is -2.16. The van der Waals surface area contributed by atoms with Crippen molar-refractivity contribution in [2.24, 2.45) is 0 Å². The number of rotatable bonds is 2. The van der Waals surface area contributed by atoms with Gasteiger partial charge in [0.1, 0.15) is 5.82 Å². The van der Waals surface area contributed by atoms with Gasteiger partial charge in [-0.1, -0.05) is 18.2 Å². The molecule has 114 valence electrons. The van der Waals surface area contributed by atoms with Crippen LogP contribution in [0.15, 0.2) is 24.3 Å². The summed E-state index contributed by atoms with van der Waals surface area (Å²) in [5.74, 6) is -0.113. The standard InChI is InChI=1S/C17H18FN3O/c18-14-6-2-1-4-12(14)11-8-9-21(10-11)17(22)16-13-5-3-7-15(13)19-20-16/h1-2,4,6,11H,3,5,7-10H2,(H,19,20)/t11-/m1/s1. The summed E-state index contributed by atoms with van der Waals surface area (Å²) in [4.78, 5) is 14.5. The van der Waals surface area contributed by atoms with Crippen molar-refractivity contribution in [2.75, 3.05) is 13.1 Å². The zero-order valence-corrected chi connectivity index (χ0v) is 12.3. The molecule has 1 aromatic heterocycles. The van der Waals surface area contributed by atoms with Gasteiger partial charge in [-0.2, -0.15) is 5.10 Å². The largest absolute Gasteiger partial charge is 0.337 e. The maximum atomic E-state index is 13.9. The first-order valence-electron chi connectivity index (χ1n) is 7.84. The Morgan fingerprint density at radius 2 is 2.18 bits per heavy atom. The zero-order valence-electron chi connectivity index (χ0n) is 12.3. The van der Waals surface area contributed by atoms with E-state index in [9.17, 15) is 9.18 Å². The van der Waals surface area contributed by atoms with Crippen LogP contribution < -0.4 is 0 Å². The third-order valence-corrected chi connectivity index (χ3v) is 4.83. The van der Waals surface area contributed by atoms with Crippen LogP contribution in [0.25, 0.3) is 0 Å². The number of carbonyl (C=O) groups is 1. The van der Waals surface area contributed by atoms with E-state index < -0.39 is 0 Å². The summed E-state index contributed by atoms with van der Waals surface area (Å²) in [7, 11) is 0. The normalized spacial score (nSPS) is 20.4. The van der Waals surface area contributed by atoms with Crippen LogP contribution in [0.1, 0.15) is 46.1 Å². The van der Waals surface area contributed by atoms with Gasteiger partial charge in [0, 0.05) is 30.3 Å². The number of amides is 1. The second kappa shape index (κ2) is 5.23. The molecule has 0 saturated carbocycles. The fourth-order valence-corrected chi connectivity index (χ4v) is 3.65. The van der Waals surface area contributed by atoms with E-state index >= 15 is 0 Å². The molecule has 22 heavy (non-hydrogen) atoms. The number of hydrogen-bond donors (Lipinski definition) is 1. The van der Waals surface area contributed by atoms with Crippen molar-refractivity contribution < 1.29 is 9.18 Å². The Balaban J connectivity index is 1.53. The quantitative estimate of drug-likeness (QED) is 0.927. The van der Waals surface area contributed by atoms with Crippen LogP contribution in [0.5, 0.6) is 0 Å². The molecule has 1 aliphatic heterocycles. The molecule has 4 rings (SSSR count). The Hall–Kier alpha value is -2.17. The first-order chi connectivity index (χ1) is 10.7. The summed E-state index contributed by atoms with van der Waals surface area (Å²) in [5, 5.41) is 7.19. The molecule has 4 nitrogen and oxygen atoms in total. The van der Waals surface area contributed by atoms with Gasteiger partial charge in [0.25, 0.3) is 5.91 Å². The molecule has 2 aliphatic rings. The molecule has 0 bridgehead atoms. The summed E-state index contributed by atoms with van der Waals surface area (Å²) in [6, 6.07) is 6.86. The van der Waals surface area contributed by atoms with Crippen molar-refractivity contribution in [3.8, 4) is 0 Å². The second-order valence-electron chi connectivity index (χ2n) is 6.14. The fourth-order valence-electron chi connectivity index (χ4n) is 3.65. The molecule has 5 heteroatoms. The van der Waals surface area contributed by atoms with E-state index in [4.69, 9.17) is 0 Å². The molecule has 1 saturated heterocycles.